The van der Waals surface area contributed by atoms with Crippen LogP contribution in [-0.4, -0.2) is 32.2 Å². The molecule has 0 aliphatic heterocycles. The average molecular weight is 280 g/mol. The molecule has 0 fully saturated rings. The van der Waals surface area contributed by atoms with Crippen LogP contribution in [0.5, 0.6) is 0 Å². The minimum atomic E-state index is -0.0506. The highest BCUT2D eigenvalue weighted by atomic mass is 32.1. The van der Waals surface area contributed by atoms with Crippen molar-refractivity contribution < 1.29 is 9.53 Å². The molecule has 1 heterocycles. The second-order valence-electron chi connectivity index (χ2n) is 3.94. The molecule has 0 saturated carbocycles. The Balaban J connectivity index is 2.48. The molecule has 104 valence electrons. The van der Waals surface area contributed by atoms with Gasteiger partial charge in [-0.05, 0) is 31.9 Å². The molecule has 4 nitrogen and oxygen atoms in total. The lowest BCUT2D eigenvalue weighted by molar-refractivity contribution is 0.0948. The lowest BCUT2D eigenvalue weighted by Gasteiger charge is -2.03. The number of hydrogen-bond donors (Lipinski definition) is 2. The third-order valence-corrected chi connectivity index (χ3v) is 3.55. The van der Waals surface area contributed by atoms with Gasteiger partial charge in [-0.15, -0.1) is 11.3 Å². The van der Waals surface area contributed by atoms with Crippen molar-refractivity contribution >= 4 is 17.2 Å². The summed E-state index contributed by atoms with van der Waals surface area (Å²) in [6, 6.07) is 1.86. The first kappa shape index (κ1) is 15.7. The Bertz CT molecular complexity index is 472. The second kappa shape index (κ2) is 8.70. The maximum atomic E-state index is 11.9. The molecule has 0 saturated heterocycles. The fraction of sp³-hybridized carbons (Fsp3) is 0.500. The number of ether oxygens (including phenoxy) is 1. The van der Waals surface area contributed by atoms with Gasteiger partial charge in [-0.2, -0.15) is 0 Å². The van der Waals surface area contributed by atoms with Gasteiger partial charge in [0.15, 0.2) is 0 Å². The van der Waals surface area contributed by atoms with Crippen LogP contribution < -0.4 is 11.1 Å². The molecule has 1 aromatic rings. The van der Waals surface area contributed by atoms with Crippen LogP contribution in [0.25, 0.3) is 0 Å². The topological polar surface area (TPSA) is 64.3 Å². The number of rotatable bonds is 6. The van der Waals surface area contributed by atoms with Crippen molar-refractivity contribution in [3.05, 3.63) is 21.4 Å². The van der Waals surface area contributed by atoms with Gasteiger partial charge in [-0.1, -0.05) is 11.8 Å². The Morgan fingerprint density at radius 1 is 1.58 bits per heavy atom. The van der Waals surface area contributed by atoms with E-state index in [4.69, 9.17) is 10.5 Å². The first-order valence-corrected chi connectivity index (χ1v) is 7.16. The number of nitrogens with two attached hydrogens (primary N) is 1. The molecule has 0 unspecified atom stereocenters. The zero-order chi connectivity index (χ0) is 14.1. The lowest BCUT2D eigenvalue weighted by Crippen LogP contribution is -2.24. The van der Waals surface area contributed by atoms with Crippen molar-refractivity contribution in [3.8, 4) is 11.8 Å². The summed E-state index contributed by atoms with van der Waals surface area (Å²) in [6.07, 6.45) is 0.823. The van der Waals surface area contributed by atoms with E-state index in [-0.39, 0.29) is 5.91 Å². The van der Waals surface area contributed by atoms with Crippen molar-refractivity contribution in [3.63, 3.8) is 0 Å². The van der Waals surface area contributed by atoms with E-state index in [2.05, 4.69) is 17.2 Å². The molecule has 0 aliphatic carbocycles. The molecule has 0 aromatic carbocycles. The minimum absolute atomic E-state index is 0.0506. The van der Waals surface area contributed by atoms with Gasteiger partial charge in [0, 0.05) is 19.8 Å². The van der Waals surface area contributed by atoms with Gasteiger partial charge in [0.05, 0.1) is 16.3 Å². The van der Waals surface area contributed by atoms with Gasteiger partial charge in [0.25, 0.3) is 5.91 Å². The number of amides is 1. The normalized spacial score (nSPS) is 9.84. The number of thiophene rings is 1. The van der Waals surface area contributed by atoms with E-state index in [9.17, 15) is 4.79 Å². The van der Waals surface area contributed by atoms with Crippen molar-refractivity contribution in [1.29, 1.82) is 0 Å². The minimum Gasteiger partial charge on any atom is -0.382 e. The molecule has 1 aromatic heterocycles. The molecule has 1 rings (SSSR count). The number of nitrogens with one attached hydrogen (secondary N) is 1. The summed E-state index contributed by atoms with van der Waals surface area (Å²) in [5.74, 6) is 5.73. The molecule has 5 heteroatoms. The predicted octanol–water partition coefficient (Wildman–Crippen LogP) is 1.52. The van der Waals surface area contributed by atoms with Gasteiger partial charge in [-0.3, -0.25) is 4.79 Å². The summed E-state index contributed by atoms with van der Waals surface area (Å²) in [7, 11) is 0. The predicted molar refractivity (Wildman–Crippen MR) is 78.4 cm³/mol. The molecular formula is C14H20N2O2S. The molecule has 0 atom stereocenters. The van der Waals surface area contributed by atoms with Crippen molar-refractivity contribution in [1.82, 2.24) is 5.32 Å². The summed E-state index contributed by atoms with van der Waals surface area (Å²) in [5.41, 5.74) is 6.36. The van der Waals surface area contributed by atoms with E-state index in [1.165, 1.54) is 11.3 Å². The second-order valence-corrected chi connectivity index (χ2v) is 4.99. The average Bonchev–Trinajstić information content (AvgIpc) is 2.77. The van der Waals surface area contributed by atoms with E-state index in [0.717, 1.165) is 16.9 Å². The summed E-state index contributed by atoms with van der Waals surface area (Å²) < 4.78 is 5.21. The third kappa shape index (κ3) is 5.43. The maximum Gasteiger partial charge on any atom is 0.261 e. The van der Waals surface area contributed by atoms with E-state index in [1.807, 2.05) is 19.9 Å². The molecule has 19 heavy (non-hydrogen) atoms. The van der Waals surface area contributed by atoms with Crippen molar-refractivity contribution in [2.45, 2.75) is 20.3 Å². The summed E-state index contributed by atoms with van der Waals surface area (Å²) in [5, 5.41) is 2.87. The van der Waals surface area contributed by atoms with Gasteiger partial charge < -0.3 is 15.8 Å². The van der Waals surface area contributed by atoms with Crippen LogP contribution in [0, 0.1) is 18.8 Å². The van der Waals surface area contributed by atoms with Crippen LogP contribution in [0.15, 0.2) is 6.07 Å². The Morgan fingerprint density at radius 2 is 2.37 bits per heavy atom. The first-order chi connectivity index (χ1) is 9.19. The van der Waals surface area contributed by atoms with E-state index in [0.29, 0.717) is 31.2 Å². The monoisotopic (exact) mass is 280 g/mol. The smallest absolute Gasteiger partial charge is 0.261 e. The lowest BCUT2D eigenvalue weighted by atomic mass is 10.2. The zero-order valence-corrected chi connectivity index (χ0v) is 12.2. The Morgan fingerprint density at radius 3 is 3.05 bits per heavy atom. The fourth-order valence-corrected chi connectivity index (χ4v) is 2.42. The molecule has 1 amide bonds. The number of carbonyl (C=O) groups excluding carboxylic acids is 1. The molecule has 0 aliphatic rings. The van der Waals surface area contributed by atoms with Crippen LogP contribution >= 0.6 is 11.3 Å². The van der Waals surface area contributed by atoms with Crippen LogP contribution in [0.1, 0.15) is 33.5 Å². The third-order valence-electron chi connectivity index (χ3n) is 2.40. The van der Waals surface area contributed by atoms with Crippen molar-refractivity contribution in [2.24, 2.45) is 5.73 Å². The van der Waals surface area contributed by atoms with Crippen LogP contribution in [0.4, 0.5) is 0 Å². The molecule has 0 spiro atoms. The highest BCUT2D eigenvalue weighted by Crippen LogP contribution is 2.20. The number of carbonyl (C=O) groups is 1. The zero-order valence-electron chi connectivity index (χ0n) is 11.4. The van der Waals surface area contributed by atoms with Gasteiger partial charge in [0.1, 0.15) is 0 Å². The fourth-order valence-electron chi connectivity index (χ4n) is 1.46. The Labute approximate surface area is 118 Å². The van der Waals surface area contributed by atoms with E-state index < -0.39 is 0 Å². The maximum absolute atomic E-state index is 11.9. The van der Waals surface area contributed by atoms with Gasteiger partial charge in [-0.25, -0.2) is 0 Å². The first-order valence-electron chi connectivity index (χ1n) is 6.34. The van der Waals surface area contributed by atoms with Crippen LogP contribution in [-0.2, 0) is 4.74 Å². The highest BCUT2D eigenvalue weighted by Gasteiger charge is 2.10. The Kier molecular flexibility index (Phi) is 7.19. The molecular weight excluding hydrogens is 260 g/mol. The number of hydrogen-bond acceptors (Lipinski definition) is 4. The summed E-state index contributed by atoms with van der Waals surface area (Å²) >= 11 is 1.40. The standard InChI is InChI=1S/C14H20N2O2S/c1-3-18-9-5-8-16-14(17)13-10-11(2)12(19-13)6-4-7-15/h10H,3,5,7-9,15H2,1-2H3,(H,16,17). The van der Waals surface area contributed by atoms with Crippen LogP contribution in [0.3, 0.4) is 0 Å². The molecule has 0 radical (unpaired) electrons. The summed E-state index contributed by atoms with van der Waals surface area (Å²) in [4.78, 5) is 13.5. The summed E-state index contributed by atoms with van der Waals surface area (Å²) in [6.45, 7) is 6.24. The van der Waals surface area contributed by atoms with Crippen LogP contribution in [0.2, 0.25) is 0 Å². The molecule has 3 N–H and O–H groups in total. The van der Waals surface area contributed by atoms with Crippen molar-refractivity contribution in [2.75, 3.05) is 26.3 Å². The van der Waals surface area contributed by atoms with Gasteiger partial charge in [0.2, 0.25) is 0 Å². The highest BCUT2D eigenvalue weighted by molar-refractivity contribution is 7.14. The SMILES string of the molecule is CCOCCCNC(=O)c1cc(C)c(C#CCN)s1. The quantitative estimate of drug-likeness (QED) is 0.613. The Hall–Kier alpha value is -1.35. The van der Waals surface area contributed by atoms with E-state index in [1.54, 1.807) is 0 Å². The number of aryl methyl sites for hydroxylation is 1. The largest absolute Gasteiger partial charge is 0.382 e. The van der Waals surface area contributed by atoms with Gasteiger partial charge >= 0.3 is 0 Å². The van der Waals surface area contributed by atoms with E-state index >= 15 is 0 Å². The molecule has 0 bridgehead atoms.